The molecule has 0 radical (unpaired) electrons. The van der Waals surface area contributed by atoms with Gasteiger partial charge in [0.25, 0.3) is 0 Å². The first-order valence-corrected chi connectivity index (χ1v) is 3.68. The second-order valence-electron chi connectivity index (χ2n) is 2.00. The molecule has 0 saturated carbocycles. The van der Waals surface area contributed by atoms with Gasteiger partial charge in [-0.25, -0.2) is 4.79 Å². The smallest absolute Gasteiger partial charge is 0.425 e. The molecule has 1 aromatic rings. The van der Waals surface area contributed by atoms with Gasteiger partial charge in [0.05, 0.1) is 5.56 Å². The van der Waals surface area contributed by atoms with Crippen molar-refractivity contribution >= 4 is 17.3 Å². The van der Waals surface area contributed by atoms with Crippen LogP contribution in [0.15, 0.2) is 11.4 Å². The standard InChI is InChI=1S/C6H3F3O2S/c7-6(8,9)4-1-3(2-12-4)5(10)11/h1-2H,(H,10,11). The van der Waals surface area contributed by atoms with E-state index in [1.54, 1.807) is 0 Å². The van der Waals surface area contributed by atoms with Crippen molar-refractivity contribution in [1.29, 1.82) is 0 Å². The molecule has 12 heavy (non-hydrogen) atoms. The molecule has 0 aliphatic heterocycles. The fourth-order valence-corrected chi connectivity index (χ4v) is 1.35. The first kappa shape index (κ1) is 9.05. The molecule has 66 valence electrons. The van der Waals surface area contributed by atoms with Crippen LogP contribution in [-0.2, 0) is 6.18 Å². The van der Waals surface area contributed by atoms with Crippen molar-refractivity contribution in [3.8, 4) is 0 Å². The number of hydrogen-bond acceptors (Lipinski definition) is 2. The molecule has 0 atom stereocenters. The molecule has 0 unspecified atom stereocenters. The van der Waals surface area contributed by atoms with E-state index in [1.807, 2.05) is 0 Å². The van der Waals surface area contributed by atoms with E-state index in [1.165, 1.54) is 0 Å². The molecule has 0 bridgehead atoms. The number of aromatic carboxylic acids is 1. The van der Waals surface area contributed by atoms with Crippen molar-refractivity contribution in [3.63, 3.8) is 0 Å². The van der Waals surface area contributed by atoms with E-state index in [4.69, 9.17) is 5.11 Å². The molecular formula is C6H3F3O2S. The number of carboxylic acids is 1. The number of thiophene rings is 1. The van der Waals surface area contributed by atoms with Crippen LogP contribution >= 0.6 is 11.3 Å². The lowest BCUT2D eigenvalue weighted by Crippen LogP contribution is -2.01. The average molecular weight is 196 g/mol. The number of rotatable bonds is 1. The highest BCUT2D eigenvalue weighted by Gasteiger charge is 2.32. The van der Waals surface area contributed by atoms with Gasteiger partial charge in [-0.3, -0.25) is 0 Å². The van der Waals surface area contributed by atoms with Gasteiger partial charge in [0.1, 0.15) is 4.88 Å². The van der Waals surface area contributed by atoms with Crippen LogP contribution in [-0.4, -0.2) is 11.1 Å². The largest absolute Gasteiger partial charge is 0.478 e. The Morgan fingerprint density at radius 3 is 2.33 bits per heavy atom. The van der Waals surface area contributed by atoms with Crippen LogP contribution in [0.5, 0.6) is 0 Å². The summed E-state index contributed by atoms with van der Waals surface area (Å²) >= 11 is 0.379. The highest BCUT2D eigenvalue weighted by Crippen LogP contribution is 2.33. The van der Waals surface area contributed by atoms with Gasteiger partial charge < -0.3 is 5.11 Å². The molecule has 0 aliphatic carbocycles. The van der Waals surface area contributed by atoms with Crippen LogP contribution in [0, 0.1) is 0 Å². The number of halogens is 3. The monoisotopic (exact) mass is 196 g/mol. The van der Waals surface area contributed by atoms with Gasteiger partial charge in [-0.1, -0.05) is 0 Å². The lowest BCUT2D eigenvalue weighted by molar-refractivity contribution is -0.134. The summed E-state index contributed by atoms with van der Waals surface area (Å²) in [6.07, 6.45) is -4.45. The zero-order valence-electron chi connectivity index (χ0n) is 5.55. The van der Waals surface area contributed by atoms with Crippen molar-refractivity contribution in [1.82, 2.24) is 0 Å². The Morgan fingerprint density at radius 1 is 1.50 bits per heavy atom. The van der Waals surface area contributed by atoms with Crippen molar-refractivity contribution in [2.45, 2.75) is 6.18 Å². The lowest BCUT2D eigenvalue weighted by Gasteiger charge is -1.99. The number of alkyl halides is 3. The SMILES string of the molecule is O=C(O)c1csc(C(F)(F)F)c1. The molecule has 0 fully saturated rings. The minimum absolute atomic E-state index is 0.327. The fraction of sp³-hybridized carbons (Fsp3) is 0.167. The van der Waals surface area contributed by atoms with Crippen LogP contribution in [0.4, 0.5) is 13.2 Å². The van der Waals surface area contributed by atoms with E-state index in [-0.39, 0.29) is 5.56 Å². The second kappa shape index (κ2) is 2.78. The van der Waals surface area contributed by atoms with E-state index in [0.717, 1.165) is 5.38 Å². The molecule has 1 heterocycles. The van der Waals surface area contributed by atoms with Crippen molar-refractivity contribution in [2.24, 2.45) is 0 Å². The van der Waals surface area contributed by atoms with Crippen LogP contribution in [0.1, 0.15) is 15.2 Å². The molecule has 0 aromatic carbocycles. The molecule has 1 rings (SSSR count). The van der Waals surface area contributed by atoms with Crippen molar-refractivity contribution in [2.75, 3.05) is 0 Å². The quantitative estimate of drug-likeness (QED) is 0.749. The normalized spacial score (nSPS) is 11.6. The second-order valence-corrected chi connectivity index (χ2v) is 2.91. The van der Waals surface area contributed by atoms with Crippen LogP contribution in [0.25, 0.3) is 0 Å². The predicted octanol–water partition coefficient (Wildman–Crippen LogP) is 2.47. The summed E-state index contributed by atoms with van der Waals surface area (Å²) in [4.78, 5) is 9.29. The van der Waals surface area contributed by atoms with E-state index in [0.29, 0.717) is 17.4 Å². The Labute approximate surface area is 69.3 Å². The predicted molar refractivity (Wildman–Crippen MR) is 36.3 cm³/mol. The molecule has 0 spiro atoms. The highest BCUT2D eigenvalue weighted by molar-refractivity contribution is 7.10. The Hall–Kier alpha value is -1.04. The minimum atomic E-state index is -4.45. The lowest BCUT2D eigenvalue weighted by atomic mass is 10.3. The first-order valence-electron chi connectivity index (χ1n) is 2.80. The molecule has 2 nitrogen and oxygen atoms in total. The maximum absolute atomic E-state index is 11.9. The average Bonchev–Trinajstić information content (AvgIpc) is 2.30. The summed E-state index contributed by atoms with van der Waals surface area (Å²) in [7, 11) is 0. The van der Waals surface area contributed by atoms with Crippen LogP contribution in [0.3, 0.4) is 0 Å². The van der Waals surface area contributed by atoms with Crippen molar-refractivity contribution in [3.05, 3.63) is 21.9 Å². The maximum Gasteiger partial charge on any atom is 0.425 e. The summed E-state index contributed by atoms with van der Waals surface area (Å²) in [6.45, 7) is 0. The summed E-state index contributed by atoms with van der Waals surface area (Å²) in [5, 5.41) is 9.27. The fourth-order valence-electron chi connectivity index (χ4n) is 0.597. The number of hydrogen-bond donors (Lipinski definition) is 1. The highest BCUT2D eigenvalue weighted by atomic mass is 32.1. The molecule has 6 heteroatoms. The Bertz CT molecular complexity index is 302. The van der Waals surface area contributed by atoms with E-state index < -0.39 is 17.0 Å². The third kappa shape index (κ3) is 1.76. The van der Waals surface area contributed by atoms with Crippen LogP contribution in [0.2, 0.25) is 0 Å². The molecule has 0 amide bonds. The van der Waals surface area contributed by atoms with Gasteiger partial charge in [-0.15, -0.1) is 11.3 Å². The summed E-state index contributed by atoms with van der Waals surface area (Å²) in [6, 6.07) is 0.618. The van der Waals surface area contributed by atoms with E-state index in [9.17, 15) is 18.0 Å². The Balaban J connectivity index is 3.00. The Kier molecular flexibility index (Phi) is 2.10. The molecular weight excluding hydrogens is 193 g/mol. The van der Waals surface area contributed by atoms with Gasteiger partial charge in [0.15, 0.2) is 0 Å². The van der Waals surface area contributed by atoms with Gasteiger partial charge >= 0.3 is 12.1 Å². The number of carboxylic acid groups (broad SMARTS) is 1. The van der Waals surface area contributed by atoms with E-state index >= 15 is 0 Å². The zero-order chi connectivity index (χ0) is 9.35. The molecule has 0 saturated heterocycles. The zero-order valence-corrected chi connectivity index (χ0v) is 6.37. The van der Waals surface area contributed by atoms with Gasteiger partial charge in [-0.05, 0) is 6.07 Å². The Morgan fingerprint density at radius 2 is 2.08 bits per heavy atom. The van der Waals surface area contributed by atoms with E-state index in [2.05, 4.69) is 0 Å². The molecule has 0 aliphatic rings. The minimum Gasteiger partial charge on any atom is -0.478 e. The maximum atomic E-state index is 11.9. The summed E-state index contributed by atoms with van der Waals surface area (Å²) < 4.78 is 35.6. The molecule has 1 N–H and O–H groups in total. The van der Waals surface area contributed by atoms with Gasteiger partial charge in [-0.2, -0.15) is 13.2 Å². The number of carbonyl (C=O) groups is 1. The third-order valence-electron chi connectivity index (χ3n) is 1.13. The summed E-state index contributed by atoms with van der Waals surface area (Å²) in [5.74, 6) is -1.35. The molecule has 1 aromatic heterocycles. The topological polar surface area (TPSA) is 37.3 Å². The summed E-state index contributed by atoms with van der Waals surface area (Å²) in [5.41, 5.74) is -0.327. The first-order chi connectivity index (χ1) is 5.41. The van der Waals surface area contributed by atoms with Gasteiger partial charge in [0, 0.05) is 5.38 Å². The van der Waals surface area contributed by atoms with Gasteiger partial charge in [0.2, 0.25) is 0 Å². The third-order valence-corrected chi connectivity index (χ3v) is 2.10. The van der Waals surface area contributed by atoms with Crippen LogP contribution < -0.4 is 0 Å². The van der Waals surface area contributed by atoms with Crippen molar-refractivity contribution < 1.29 is 23.1 Å².